The van der Waals surface area contributed by atoms with Crippen LogP contribution in [-0.2, 0) is 4.79 Å². The van der Waals surface area contributed by atoms with Crippen molar-refractivity contribution in [3.63, 3.8) is 0 Å². The van der Waals surface area contributed by atoms with Gasteiger partial charge in [0, 0.05) is 17.7 Å². The van der Waals surface area contributed by atoms with Gasteiger partial charge < -0.3 is 14.7 Å². The zero-order chi connectivity index (χ0) is 17.4. The first kappa shape index (κ1) is 15.4. The molecule has 0 radical (unpaired) electrons. The van der Waals surface area contributed by atoms with E-state index in [2.05, 4.69) is 0 Å². The molecule has 0 aromatic heterocycles. The number of nitriles is 2. The fourth-order valence-corrected chi connectivity index (χ4v) is 2.72. The number of ketones is 1. The van der Waals surface area contributed by atoms with Gasteiger partial charge in [0.15, 0.2) is 11.5 Å². The normalized spacial score (nSPS) is 17.4. The molecule has 6 nitrogen and oxygen atoms in total. The van der Waals surface area contributed by atoms with Gasteiger partial charge in [-0.2, -0.15) is 10.5 Å². The number of hydrogen-bond donors (Lipinski definition) is 1. The Morgan fingerprint density at radius 1 is 1.29 bits per heavy atom. The van der Waals surface area contributed by atoms with Gasteiger partial charge in [0.1, 0.15) is 17.7 Å². The molecule has 0 saturated carbocycles. The molecule has 1 aromatic carbocycles. The van der Waals surface area contributed by atoms with Gasteiger partial charge in [-0.1, -0.05) is 12.1 Å². The van der Waals surface area contributed by atoms with Gasteiger partial charge in [-0.25, -0.2) is 0 Å². The summed E-state index contributed by atoms with van der Waals surface area (Å²) in [4.78, 5) is 13.7. The minimum absolute atomic E-state index is 0.0669. The highest BCUT2D eigenvalue weighted by Crippen LogP contribution is 2.42. The molecule has 0 fully saturated rings. The van der Waals surface area contributed by atoms with E-state index in [0.717, 1.165) is 5.69 Å². The number of hydrogen-bond acceptors (Lipinski definition) is 6. The SMILES string of the molecule is CC(C)N1/C(=C/C2=C(O)C(=O)C2=C(C#N)C#N)Oc2ccccc21. The summed E-state index contributed by atoms with van der Waals surface area (Å²) in [5, 5.41) is 27.8. The topological polar surface area (TPSA) is 97.4 Å². The number of rotatable bonds is 2. The molecule has 6 heteroatoms. The Hall–Kier alpha value is -3.51. The summed E-state index contributed by atoms with van der Waals surface area (Å²) in [5.41, 5.74) is 0.617. The summed E-state index contributed by atoms with van der Waals surface area (Å²) < 4.78 is 5.81. The third-order valence-electron chi connectivity index (χ3n) is 3.80. The number of ether oxygens (including phenoxy) is 1. The fourth-order valence-electron chi connectivity index (χ4n) is 2.72. The summed E-state index contributed by atoms with van der Waals surface area (Å²) >= 11 is 0. The quantitative estimate of drug-likeness (QED) is 0.665. The van der Waals surface area contributed by atoms with E-state index in [0.29, 0.717) is 11.6 Å². The highest BCUT2D eigenvalue weighted by atomic mass is 16.5. The number of aliphatic hydroxyl groups is 1. The molecule has 1 aliphatic heterocycles. The molecule has 1 aliphatic carbocycles. The summed E-state index contributed by atoms with van der Waals surface area (Å²) in [6, 6.07) is 10.9. The molecular weight excluding hydrogens is 306 g/mol. The highest BCUT2D eigenvalue weighted by molar-refractivity contribution is 6.20. The minimum atomic E-state index is -0.702. The monoisotopic (exact) mass is 319 g/mol. The first-order chi connectivity index (χ1) is 11.5. The molecule has 0 bridgehead atoms. The van der Waals surface area contributed by atoms with Gasteiger partial charge in [0.2, 0.25) is 11.7 Å². The predicted molar refractivity (Wildman–Crippen MR) is 85.7 cm³/mol. The average molecular weight is 319 g/mol. The van der Waals surface area contributed by atoms with Crippen molar-refractivity contribution in [2.45, 2.75) is 19.9 Å². The van der Waals surface area contributed by atoms with Crippen LogP contribution in [0.5, 0.6) is 5.75 Å². The van der Waals surface area contributed by atoms with E-state index in [4.69, 9.17) is 15.3 Å². The molecule has 0 amide bonds. The number of anilines is 1. The second-order valence-electron chi connectivity index (χ2n) is 5.58. The van der Waals surface area contributed by atoms with Gasteiger partial charge in [-0.3, -0.25) is 4.79 Å². The number of allylic oxidation sites excluding steroid dienone is 4. The molecule has 3 rings (SSSR count). The van der Waals surface area contributed by atoms with E-state index in [1.165, 1.54) is 6.08 Å². The lowest BCUT2D eigenvalue weighted by atomic mass is 9.84. The third kappa shape index (κ3) is 2.13. The minimum Gasteiger partial charge on any atom is -0.504 e. The van der Waals surface area contributed by atoms with Crippen molar-refractivity contribution >= 4 is 11.5 Å². The van der Waals surface area contributed by atoms with E-state index in [1.54, 1.807) is 12.1 Å². The maximum Gasteiger partial charge on any atom is 0.230 e. The van der Waals surface area contributed by atoms with Gasteiger partial charge in [-0.15, -0.1) is 0 Å². The van der Waals surface area contributed by atoms with E-state index >= 15 is 0 Å². The number of Topliss-reactive ketones (excluding diaryl/α,β-unsaturated/α-hetero) is 1. The van der Waals surface area contributed by atoms with Crippen molar-refractivity contribution in [1.29, 1.82) is 10.5 Å². The zero-order valence-electron chi connectivity index (χ0n) is 13.1. The Bertz CT molecular complexity index is 908. The lowest BCUT2D eigenvalue weighted by Crippen LogP contribution is -2.29. The second-order valence-corrected chi connectivity index (χ2v) is 5.58. The Morgan fingerprint density at radius 2 is 1.96 bits per heavy atom. The van der Waals surface area contributed by atoms with E-state index < -0.39 is 11.5 Å². The van der Waals surface area contributed by atoms with Crippen LogP contribution in [0.4, 0.5) is 5.69 Å². The van der Waals surface area contributed by atoms with Gasteiger partial charge >= 0.3 is 0 Å². The molecule has 1 N–H and O–H groups in total. The first-order valence-corrected chi connectivity index (χ1v) is 7.30. The Morgan fingerprint density at radius 3 is 2.58 bits per heavy atom. The molecule has 118 valence electrons. The number of nitrogens with zero attached hydrogens (tertiary/aromatic N) is 3. The van der Waals surface area contributed by atoms with Crippen LogP contribution in [0.1, 0.15) is 13.8 Å². The third-order valence-corrected chi connectivity index (χ3v) is 3.80. The largest absolute Gasteiger partial charge is 0.504 e. The maximum atomic E-state index is 11.8. The number of fused-ring (bicyclic) bond motifs is 1. The molecule has 1 aromatic rings. The number of carbonyl (C=O) groups excluding carboxylic acids is 1. The first-order valence-electron chi connectivity index (χ1n) is 7.30. The summed E-state index contributed by atoms with van der Waals surface area (Å²) in [6.07, 6.45) is 1.49. The van der Waals surface area contributed by atoms with Gasteiger partial charge in [0.05, 0.1) is 11.3 Å². The molecule has 0 unspecified atom stereocenters. The van der Waals surface area contributed by atoms with Crippen molar-refractivity contribution in [3.8, 4) is 17.9 Å². The van der Waals surface area contributed by atoms with Gasteiger partial charge in [-0.05, 0) is 26.0 Å². The van der Waals surface area contributed by atoms with Crippen molar-refractivity contribution < 1.29 is 14.6 Å². The van der Waals surface area contributed by atoms with Crippen LogP contribution >= 0.6 is 0 Å². The van der Waals surface area contributed by atoms with Crippen LogP contribution in [0.25, 0.3) is 0 Å². The Kier molecular flexibility index (Phi) is 3.59. The summed E-state index contributed by atoms with van der Waals surface area (Å²) in [5.74, 6) is -0.0854. The molecule has 0 atom stereocenters. The second kappa shape index (κ2) is 5.60. The molecule has 2 aliphatic rings. The lowest BCUT2D eigenvalue weighted by molar-refractivity contribution is -0.115. The molecule has 1 heterocycles. The van der Waals surface area contributed by atoms with Crippen molar-refractivity contribution in [1.82, 2.24) is 0 Å². The number of para-hydroxylation sites is 2. The number of aliphatic hydroxyl groups excluding tert-OH is 1. The maximum absolute atomic E-state index is 11.8. The zero-order valence-corrected chi connectivity index (χ0v) is 13.1. The molecule has 0 saturated heterocycles. The predicted octanol–water partition coefficient (Wildman–Crippen LogP) is 2.87. The number of benzene rings is 1. The average Bonchev–Trinajstić information content (AvgIpc) is 2.95. The standard InChI is InChI=1S/C18H13N3O3/c1-10(2)21-13-5-3-4-6-14(13)24-15(21)7-12-16(11(8-19)9-20)18(23)17(12)22/h3-7,10,22H,1-2H3/b15-7-. The smallest absolute Gasteiger partial charge is 0.230 e. The highest BCUT2D eigenvalue weighted by Gasteiger charge is 2.38. The number of carbonyl (C=O) groups is 1. The molecular formula is C18H13N3O3. The van der Waals surface area contributed by atoms with Crippen LogP contribution in [0.2, 0.25) is 0 Å². The Labute approximate surface area is 138 Å². The van der Waals surface area contributed by atoms with Crippen molar-refractivity contribution in [3.05, 3.63) is 58.7 Å². The van der Waals surface area contributed by atoms with Crippen LogP contribution < -0.4 is 9.64 Å². The van der Waals surface area contributed by atoms with E-state index in [-0.39, 0.29) is 22.8 Å². The van der Waals surface area contributed by atoms with Crippen LogP contribution in [-0.4, -0.2) is 16.9 Å². The summed E-state index contributed by atoms with van der Waals surface area (Å²) in [6.45, 7) is 3.96. The lowest BCUT2D eigenvalue weighted by Gasteiger charge is -2.25. The van der Waals surface area contributed by atoms with Gasteiger partial charge in [0.25, 0.3) is 0 Å². The molecule has 24 heavy (non-hydrogen) atoms. The summed E-state index contributed by atoms with van der Waals surface area (Å²) in [7, 11) is 0. The van der Waals surface area contributed by atoms with Crippen LogP contribution in [0, 0.1) is 22.7 Å². The van der Waals surface area contributed by atoms with Crippen LogP contribution in [0.15, 0.2) is 58.7 Å². The Balaban J connectivity index is 2.10. The van der Waals surface area contributed by atoms with Crippen molar-refractivity contribution in [2.75, 3.05) is 4.90 Å². The van der Waals surface area contributed by atoms with E-state index in [1.807, 2.05) is 43.0 Å². The van der Waals surface area contributed by atoms with Crippen molar-refractivity contribution in [2.24, 2.45) is 0 Å². The van der Waals surface area contributed by atoms with E-state index in [9.17, 15) is 9.90 Å². The fraction of sp³-hybridized carbons (Fsp3) is 0.167. The molecule has 0 spiro atoms. The van der Waals surface area contributed by atoms with Crippen LogP contribution in [0.3, 0.4) is 0 Å².